The molecule has 0 radical (unpaired) electrons. The van der Waals surface area contributed by atoms with Crippen molar-refractivity contribution in [3.8, 4) is 0 Å². The summed E-state index contributed by atoms with van der Waals surface area (Å²) in [6, 6.07) is 8.17. The van der Waals surface area contributed by atoms with Gasteiger partial charge in [-0.3, -0.25) is 4.79 Å². The summed E-state index contributed by atoms with van der Waals surface area (Å²) >= 11 is 4.93. The van der Waals surface area contributed by atoms with Gasteiger partial charge in [-0.25, -0.2) is 8.78 Å². The Bertz CT molecular complexity index is 649. The highest BCUT2D eigenvalue weighted by atomic mass is 127. The molecule has 0 aliphatic carbocycles. The van der Waals surface area contributed by atoms with Crippen molar-refractivity contribution in [1.82, 2.24) is 0 Å². The zero-order valence-corrected chi connectivity index (χ0v) is 13.1. The van der Waals surface area contributed by atoms with Crippen LogP contribution >= 0.6 is 38.5 Å². The van der Waals surface area contributed by atoms with Gasteiger partial charge in [0, 0.05) is 4.47 Å². The second kappa shape index (κ2) is 5.96. The highest BCUT2D eigenvalue weighted by Gasteiger charge is 2.13. The molecule has 0 aliphatic heterocycles. The molecule has 1 N–H and O–H groups in total. The predicted octanol–water partition coefficient (Wildman–Crippen LogP) is 4.58. The first-order chi connectivity index (χ1) is 8.99. The Morgan fingerprint density at radius 2 is 1.95 bits per heavy atom. The third kappa shape index (κ3) is 3.30. The molecule has 2 aromatic carbocycles. The fourth-order valence-electron chi connectivity index (χ4n) is 1.46. The van der Waals surface area contributed by atoms with Crippen LogP contribution < -0.4 is 5.32 Å². The van der Waals surface area contributed by atoms with E-state index in [1.54, 1.807) is 6.07 Å². The molecule has 0 aromatic heterocycles. The van der Waals surface area contributed by atoms with Crippen LogP contribution in [0, 0.1) is 15.2 Å². The van der Waals surface area contributed by atoms with Crippen LogP contribution in [0.25, 0.3) is 0 Å². The van der Waals surface area contributed by atoms with Crippen molar-refractivity contribution in [3.63, 3.8) is 0 Å². The number of rotatable bonds is 2. The molecule has 0 aliphatic rings. The lowest BCUT2D eigenvalue weighted by Gasteiger charge is -2.09. The van der Waals surface area contributed by atoms with Crippen molar-refractivity contribution in [3.05, 3.63) is 61.6 Å². The SMILES string of the molecule is O=C(Nc1cccc(F)c1I)c1ccc(F)cc1Br. The summed E-state index contributed by atoms with van der Waals surface area (Å²) in [5, 5.41) is 2.59. The van der Waals surface area contributed by atoms with Gasteiger partial charge in [-0.15, -0.1) is 0 Å². The molecule has 0 spiro atoms. The number of amides is 1. The molecule has 0 atom stereocenters. The van der Waals surface area contributed by atoms with Gasteiger partial charge in [0.2, 0.25) is 0 Å². The molecule has 0 heterocycles. The number of carbonyl (C=O) groups excluding carboxylic acids is 1. The number of hydrogen-bond acceptors (Lipinski definition) is 1. The molecule has 0 fully saturated rings. The maximum atomic E-state index is 13.3. The van der Waals surface area contributed by atoms with Crippen LogP contribution in [0.1, 0.15) is 10.4 Å². The van der Waals surface area contributed by atoms with Crippen LogP contribution in [-0.4, -0.2) is 5.91 Å². The van der Waals surface area contributed by atoms with Crippen molar-refractivity contribution in [2.24, 2.45) is 0 Å². The van der Waals surface area contributed by atoms with Gasteiger partial charge in [0.25, 0.3) is 5.91 Å². The Labute approximate surface area is 130 Å². The number of anilines is 1. The van der Waals surface area contributed by atoms with E-state index in [1.165, 1.54) is 30.3 Å². The number of nitrogens with one attached hydrogen (secondary N) is 1. The second-order valence-corrected chi connectivity index (χ2v) is 5.61. The molecule has 0 saturated carbocycles. The summed E-state index contributed by atoms with van der Waals surface area (Å²) in [4.78, 5) is 12.0. The third-order valence-electron chi connectivity index (χ3n) is 2.38. The molecule has 98 valence electrons. The normalized spacial score (nSPS) is 10.3. The Morgan fingerprint density at radius 1 is 1.21 bits per heavy atom. The minimum Gasteiger partial charge on any atom is -0.321 e. The summed E-state index contributed by atoms with van der Waals surface area (Å²) in [7, 11) is 0. The summed E-state index contributed by atoms with van der Waals surface area (Å²) in [6.07, 6.45) is 0. The molecule has 0 unspecified atom stereocenters. The molecule has 2 nitrogen and oxygen atoms in total. The van der Waals surface area contributed by atoms with Crippen molar-refractivity contribution < 1.29 is 13.6 Å². The fourth-order valence-corrected chi connectivity index (χ4v) is 2.49. The molecular weight excluding hydrogens is 431 g/mol. The van der Waals surface area contributed by atoms with Crippen LogP contribution in [0.2, 0.25) is 0 Å². The van der Waals surface area contributed by atoms with Crippen LogP contribution in [0.3, 0.4) is 0 Å². The van der Waals surface area contributed by atoms with Crippen molar-refractivity contribution in [2.75, 3.05) is 5.32 Å². The Balaban J connectivity index is 2.28. The lowest BCUT2D eigenvalue weighted by atomic mass is 10.2. The van der Waals surface area contributed by atoms with Gasteiger partial charge in [0.1, 0.15) is 11.6 Å². The van der Waals surface area contributed by atoms with Crippen LogP contribution in [0.5, 0.6) is 0 Å². The fraction of sp³-hybridized carbons (Fsp3) is 0. The number of carbonyl (C=O) groups is 1. The Morgan fingerprint density at radius 3 is 2.63 bits per heavy atom. The zero-order valence-electron chi connectivity index (χ0n) is 9.38. The summed E-state index contributed by atoms with van der Waals surface area (Å²) in [6.45, 7) is 0. The van der Waals surface area contributed by atoms with Crippen LogP contribution in [-0.2, 0) is 0 Å². The molecule has 2 rings (SSSR count). The van der Waals surface area contributed by atoms with E-state index < -0.39 is 17.5 Å². The maximum Gasteiger partial charge on any atom is 0.256 e. The molecule has 0 saturated heterocycles. The summed E-state index contributed by atoms with van der Waals surface area (Å²) in [5.41, 5.74) is 0.656. The summed E-state index contributed by atoms with van der Waals surface area (Å²) in [5.74, 6) is -1.28. The molecule has 19 heavy (non-hydrogen) atoms. The highest BCUT2D eigenvalue weighted by Crippen LogP contribution is 2.23. The van der Waals surface area contributed by atoms with E-state index in [0.29, 0.717) is 13.7 Å². The molecule has 1 amide bonds. The van der Waals surface area contributed by atoms with E-state index in [-0.39, 0.29) is 5.56 Å². The minimum atomic E-state index is -0.441. The van der Waals surface area contributed by atoms with Crippen molar-refractivity contribution >= 4 is 50.1 Å². The van der Waals surface area contributed by atoms with Gasteiger partial charge >= 0.3 is 0 Å². The number of halogens is 4. The quantitative estimate of drug-likeness (QED) is 0.684. The van der Waals surface area contributed by atoms with Gasteiger partial charge in [-0.05, 0) is 68.9 Å². The first-order valence-corrected chi connectivity index (χ1v) is 7.06. The minimum absolute atomic E-state index is 0.279. The van der Waals surface area contributed by atoms with Gasteiger partial charge in [0.15, 0.2) is 0 Å². The Kier molecular flexibility index (Phi) is 4.51. The smallest absolute Gasteiger partial charge is 0.256 e. The van der Waals surface area contributed by atoms with Gasteiger partial charge in [-0.2, -0.15) is 0 Å². The monoisotopic (exact) mass is 437 g/mol. The van der Waals surface area contributed by atoms with Gasteiger partial charge in [-0.1, -0.05) is 6.07 Å². The maximum absolute atomic E-state index is 13.3. The van der Waals surface area contributed by atoms with E-state index in [0.717, 1.165) is 0 Å². The second-order valence-electron chi connectivity index (χ2n) is 3.68. The van der Waals surface area contributed by atoms with E-state index in [9.17, 15) is 13.6 Å². The number of benzene rings is 2. The molecule has 2 aromatic rings. The van der Waals surface area contributed by atoms with E-state index in [2.05, 4.69) is 21.2 Å². The standard InChI is InChI=1S/C13H7BrF2INO/c14-9-6-7(15)4-5-8(9)13(19)18-11-3-1-2-10(16)12(11)17/h1-6H,(H,18,19). The predicted molar refractivity (Wildman–Crippen MR) is 81.2 cm³/mol. The van der Waals surface area contributed by atoms with E-state index in [1.807, 2.05) is 22.6 Å². The number of hydrogen-bond donors (Lipinski definition) is 1. The Hall–Kier alpha value is -1.02. The third-order valence-corrected chi connectivity index (χ3v) is 4.13. The lowest BCUT2D eigenvalue weighted by Crippen LogP contribution is -2.14. The average Bonchev–Trinajstić information content (AvgIpc) is 2.34. The lowest BCUT2D eigenvalue weighted by molar-refractivity contribution is 0.102. The molecule has 0 bridgehead atoms. The highest BCUT2D eigenvalue weighted by molar-refractivity contribution is 14.1. The first kappa shape index (κ1) is 14.4. The molecule has 6 heteroatoms. The summed E-state index contributed by atoms with van der Waals surface area (Å²) < 4.78 is 27.0. The van der Waals surface area contributed by atoms with Crippen molar-refractivity contribution in [1.29, 1.82) is 0 Å². The first-order valence-electron chi connectivity index (χ1n) is 5.19. The van der Waals surface area contributed by atoms with Crippen molar-refractivity contribution in [2.45, 2.75) is 0 Å². The molecular formula is C13H7BrF2INO. The van der Waals surface area contributed by atoms with Gasteiger partial charge in [0.05, 0.1) is 14.8 Å². The topological polar surface area (TPSA) is 29.1 Å². The van der Waals surface area contributed by atoms with Crippen LogP contribution in [0.4, 0.5) is 14.5 Å². The van der Waals surface area contributed by atoms with Crippen LogP contribution in [0.15, 0.2) is 40.9 Å². The zero-order chi connectivity index (χ0) is 14.0. The average molecular weight is 438 g/mol. The van der Waals surface area contributed by atoms with E-state index >= 15 is 0 Å². The van der Waals surface area contributed by atoms with Gasteiger partial charge < -0.3 is 5.32 Å². The largest absolute Gasteiger partial charge is 0.321 e. The van der Waals surface area contributed by atoms with E-state index in [4.69, 9.17) is 0 Å².